The number of hydrogen-bond donors (Lipinski definition) is 1. The summed E-state index contributed by atoms with van der Waals surface area (Å²) in [5, 5.41) is 22.4. The first-order valence-corrected chi connectivity index (χ1v) is 7.24. The summed E-state index contributed by atoms with van der Waals surface area (Å²) in [6.07, 6.45) is 0. The maximum absolute atomic E-state index is 9.21. The van der Waals surface area contributed by atoms with Gasteiger partial charge in [-0.2, -0.15) is 5.26 Å². The fourth-order valence-electron chi connectivity index (χ4n) is 2.01. The molecule has 0 spiro atoms. The zero-order valence-corrected chi connectivity index (χ0v) is 13.0. The van der Waals surface area contributed by atoms with Crippen LogP contribution in [0.3, 0.4) is 0 Å². The number of nitriles is 1. The van der Waals surface area contributed by atoms with E-state index in [9.17, 15) is 5.26 Å². The average Bonchev–Trinajstić information content (AvgIpc) is 2.52. The standard InChI is InChI=1S/C15H8BrClN4/c16-10-5-6-13(9(7-10)8-18)19-15-12-4-2-1-3-11(12)14(17)20-21-15/h1-7H,(H,19,21). The molecule has 0 aliphatic rings. The summed E-state index contributed by atoms with van der Waals surface area (Å²) in [5.74, 6) is 0.564. The molecule has 3 rings (SSSR count). The van der Waals surface area contributed by atoms with E-state index in [1.807, 2.05) is 36.4 Å². The van der Waals surface area contributed by atoms with Crippen molar-refractivity contribution in [3.05, 3.63) is 57.7 Å². The van der Waals surface area contributed by atoms with Crippen molar-refractivity contribution in [1.29, 1.82) is 5.26 Å². The molecular weight excluding hydrogens is 352 g/mol. The number of halogens is 2. The fourth-order valence-corrected chi connectivity index (χ4v) is 2.57. The van der Waals surface area contributed by atoms with E-state index in [1.165, 1.54) is 0 Å². The average molecular weight is 360 g/mol. The van der Waals surface area contributed by atoms with Crippen molar-refractivity contribution in [3.8, 4) is 6.07 Å². The van der Waals surface area contributed by atoms with Gasteiger partial charge in [0, 0.05) is 15.2 Å². The molecule has 1 heterocycles. The quantitative estimate of drug-likeness (QED) is 0.723. The maximum atomic E-state index is 9.21. The van der Waals surface area contributed by atoms with Crippen molar-refractivity contribution < 1.29 is 0 Å². The number of rotatable bonds is 2. The van der Waals surface area contributed by atoms with Gasteiger partial charge in [0.15, 0.2) is 11.0 Å². The third kappa shape index (κ3) is 2.68. The normalized spacial score (nSPS) is 10.3. The molecule has 0 aliphatic carbocycles. The molecule has 21 heavy (non-hydrogen) atoms. The molecular formula is C15H8BrClN4. The SMILES string of the molecule is N#Cc1cc(Br)ccc1Nc1nnc(Cl)c2ccccc12. The van der Waals surface area contributed by atoms with E-state index in [1.54, 1.807) is 6.07 Å². The summed E-state index contributed by atoms with van der Waals surface area (Å²) in [4.78, 5) is 0. The van der Waals surface area contributed by atoms with E-state index in [4.69, 9.17) is 11.6 Å². The van der Waals surface area contributed by atoms with Crippen LogP contribution < -0.4 is 5.32 Å². The molecule has 0 fully saturated rings. The molecule has 0 saturated carbocycles. The van der Waals surface area contributed by atoms with Crippen molar-refractivity contribution >= 4 is 49.8 Å². The molecule has 0 aliphatic heterocycles. The topological polar surface area (TPSA) is 61.6 Å². The number of aromatic nitrogens is 2. The highest BCUT2D eigenvalue weighted by atomic mass is 79.9. The summed E-state index contributed by atoms with van der Waals surface area (Å²) in [6, 6.07) is 15.1. The lowest BCUT2D eigenvalue weighted by Gasteiger charge is -2.10. The van der Waals surface area contributed by atoms with E-state index in [2.05, 4.69) is 37.5 Å². The van der Waals surface area contributed by atoms with Crippen LogP contribution in [0.2, 0.25) is 5.15 Å². The van der Waals surface area contributed by atoms with Crippen LogP contribution >= 0.6 is 27.5 Å². The highest BCUT2D eigenvalue weighted by Gasteiger charge is 2.10. The summed E-state index contributed by atoms with van der Waals surface area (Å²) in [7, 11) is 0. The molecule has 1 N–H and O–H groups in total. The van der Waals surface area contributed by atoms with Gasteiger partial charge in [0.1, 0.15) is 6.07 Å². The van der Waals surface area contributed by atoms with Crippen LogP contribution in [-0.4, -0.2) is 10.2 Å². The molecule has 0 atom stereocenters. The number of anilines is 2. The van der Waals surface area contributed by atoms with Crippen molar-refractivity contribution in [2.75, 3.05) is 5.32 Å². The van der Waals surface area contributed by atoms with Gasteiger partial charge in [-0.25, -0.2) is 0 Å². The lowest BCUT2D eigenvalue weighted by molar-refractivity contribution is 1.05. The molecule has 3 aromatic rings. The van der Waals surface area contributed by atoms with Gasteiger partial charge in [-0.05, 0) is 18.2 Å². The second kappa shape index (κ2) is 5.68. The molecule has 2 aromatic carbocycles. The predicted molar refractivity (Wildman–Crippen MR) is 86.7 cm³/mol. The molecule has 4 nitrogen and oxygen atoms in total. The third-order valence-electron chi connectivity index (χ3n) is 3.00. The zero-order valence-electron chi connectivity index (χ0n) is 10.6. The molecule has 1 aromatic heterocycles. The number of nitrogens with one attached hydrogen (secondary N) is 1. The van der Waals surface area contributed by atoms with Gasteiger partial charge in [-0.3, -0.25) is 0 Å². The third-order valence-corrected chi connectivity index (χ3v) is 3.77. The Kier molecular flexibility index (Phi) is 3.74. The van der Waals surface area contributed by atoms with Gasteiger partial charge in [0.25, 0.3) is 0 Å². The van der Waals surface area contributed by atoms with Crippen molar-refractivity contribution in [2.24, 2.45) is 0 Å². The van der Waals surface area contributed by atoms with Crippen LogP contribution in [0.25, 0.3) is 10.8 Å². The van der Waals surface area contributed by atoms with Crippen LogP contribution in [-0.2, 0) is 0 Å². The highest BCUT2D eigenvalue weighted by Crippen LogP contribution is 2.29. The van der Waals surface area contributed by atoms with Crippen LogP contribution in [0, 0.1) is 11.3 Å². The van der Waals surface area contributed by atoms with Gasteiger partial charge >= 0.3 is 0 Å². The van der Waals surface area contributed by atoms with Crippen LogP contribution in [0.5, 0.6) is 0 Å². The molecule has 6 heteroatoms. The van der Waals surface area contributed by atoms with Crippen molar-refractivity contribution in [2.45, 2.75) is 0 Å². The molecule has 0 bridgehead atoms. The van der Waals surface area contributed by atoms with Crippen molar-refractivity contribution in [1.82, 2.24) is 10.2 Å². The Balaban J connectivity index is 2.11. The fraction of sp³-hybridized carbons (Fsp3) is 0. The summed E-state index contributed by atoms with van der Waals surface area (Å²) in [6.45, 7) is 0. The first kappa shape index (κ1) is 13.8. The van der Waals surface area contributed by atoms with Gasteiger partial charge in [-0.1, -0.05) is 51.8 Å². The zero-order chi connectivity index (χ0) is 14.8. The van der Waals surface area contributed by atoms with Crippen LogP contribution in [0.1, 0.15) is 5.56 Å². The smallest absolute Gasteiger partial charge is 0.161 e. The maximum Gasteiger partial charge on any atom is 0.161 e. The minimum atomic E-state index is 0.354. The molecule has 0 radical (unpaired) electrons. The molecule has 0 amide bonds. The Morgan fingerprint density at radius 3 is 2.62 bits per heavy atom. The Morgan fingerprint density at radius 2 is 1.86 bits per heavy atom. The number of hydrogen-bond acceptors (Lipinski definition) is 4. The summed E-state index contributed by atoms with van der Waals surface area (Å²) in [5.41, 5.74) is 1.19. The van der Waals surface area contributed by atoms with Crippen LogP contribution in [0.15, 0.2) is 46.9 Å². The van der Waals surface area contributed by atoms with Crippen molar-refractivity contribution in [3.63, 3.8) is 0 Å². The van der Waals surface area contributed by atoms with E-state index >= 15 is 0 Å². The molecule has 0 unspecified atom stereocenters. The van der Waals surface area contributed by atoms with Gasteiger partial charge < -0.3 is 5.32 Å². The largest absolute Gasteiger partial charge is 0.337 e. The van der Waals surface area contributed by atoms with Gasteiger partial charge in [0.05, 0.1) is 11.3 Å². The van der Waals surface area contributed by atoms with E-state index < -0.39 is 0 Å². The number of fused-ring (bicyclic) bond motifs is 1. The lowest BCUT2D eigenvalue weighted by Crippen LogP contribution is -1.99. The second-order valence-electron chi connectivity index (χ2n) is 4.31. The first-order valence-electron chi connectivity index (χ1n) is 6.06. The molecule has 0 saturated heterocycles. The lowest BCUT2D eigenvalue weighted by atomic mass is 10.1. The van der Waals surface area contributed by atoms with Gasteiger partial charge in [-0.15, -0.1) is 10.2 Å². The Labute approximate surface area is 134 Å². The minimum absolute atomic E-state index is 0.354. The summed E-state index contributed by atoms with van der Waals surface area (Å²) >= 11 is 9.40. The monoisotopic (exact) mass is 358 g/mol. The van der Waals surface area contributed by atoms with E-state index in [-0.39, 0.29) is 0 Å². The van der Waals surface area contributed by atoms with Crippen LogP contribution in [0.4, 0.5) is 11.5 Å². The Hall–Kier alpha value is -2.16. The predicted octanol–water partition coefficient (Wildman–Crippen LogP) is 4.66. The number of nitrogens with zero attached hydrogens (tertiary/aromatic N) is 3. The van der Waals surface area contributed by atoms with E-state index in [0.717, 1.165) is 15.2 Å². The Morgan fingerprint density at radius 1 is 1.10 bits per heavy atom. The Bertz CT molecular complexity index is 873. The summed E-state index contributed by atoms with van der Waals surface area (Å²) < 4.78 is 0.844. The van der Waals surface area contributed by atoms with Gasteiger partial charge in [0.2, 0.25) is 0 Å². The first-order chi connectivity index (χ1) is 10.2. The minimum Gasteiger partial charge on any atom is -0.337 e. The number of benzene rings is 2. The van der Waals surface area contributed by atoms with E-state index in [0.29, 0.717) is 22.2 Å². The second-order valence-corrected chi connectivity index (χ2v) is 5.59. The highest BCUT2D eigenvalue weighted by molar-refractivity contribution is 9.10. The molecule has 102 valence electrons.